The molecule has 0 aromatic heterocycles. The Morgan fingerprint density at radius 2 is 2.05 bits per heavy atom. The zero-order valence-corrected chi connectivity index (χ0v) is 11.4. The molecule has 4 N–H and O–H groups in total. The first kappa shape index (κ1) is 12.7. The molecule has 2 saturated carbocycles. The lowest BCUT2D eigenvalue weighted by Crippen LogP contribution is -2.38. The molecule has 2 fully saturated rings. The number of rotatable bonds is 3. The molecule has 0 spiro atoms. The lowest BCUT2D eigenvalue weighted by molar-refractivity contribution is 0.390. The largest absolute Gasteiger partial charge is 0.506 e. The molecular formula is C13H18N2O3S. The van der Waals surface area contributed by atoms with Crippen LogP contribution in [0.5, 0.6) is 5.75 Å². The minimum absolute atomic E-state index is 0.0544. The van der Waals surface area contributed by atoms with Gasteiger partial charge in [-0.3, -0.25) is 0 Å². The highest BCUT2D eigenvalue weighted by molar-refractivity contribution is 7.89. The number of nitrogens with one attached hydrogen (secondary N) is 1. The molecule has 19 heavy (non-hydrogen) atoms. The van der Waals surface area contributed by atoms with E-state index in [1.165, 1.54) is 24.6 Å². The van der Waals surface area contributed by atoms with Gasteiger partial charge in [-0.05, 0) is 49.3 Å². The molecule has 3 unspecified atom stereocenters. The van der Waals surface area contributed by atoms with Crippen molar-refractivity contribution in [3.8, 4) is 5.75 Å². The van der Waals surface area contributed by atoms with Gasteiger partial charge >= 0.3 is 0 Å². The van der Waals surface area contributed by atoms with Crippen LogP contribution in [-0.4, -0.2) is 19.6 Å². The van der Waals surface area contributed by atoms with Gasteiger partial charge in [-0.25, -0.2) is 13.1 Å². The Morgan fingerprint density at radius 3 is 2.63 bits per heavy atom. The zero-order chi connectivity index (χ0) is 13.6. The predicted octanol–water partition coefficient (Wildman–Crippen LogP) is 1.44. The van der Waals surface area contributed by atoms with Gasteiger partial charge in [-0.15, -0.1) is 0 Å². The summed E-state index contributed by atoms with van der Waals surface area (Å²) in [4.78, 5) is 0.116. The van der Waals surface area contributed by atoms with E-state index < -0.39 is 10.0 Å². The van der Waals surface area contributed by atoms with Crippen molar-refractivity contribution in [2.45, 2.75) is 36.6 Å². The molecule has 5 nitrogen and oxygen atoms in total. The SMILES string of the molecule is Nc1cc(S(=O)(=O)NC2CC3CCC2C3)ccc1O. The van der Waals surface area contributed by atoms with Crippen LogP contribution in [0.4, 0.5) is 5.69 Å². The van der Waals surface area contributed by atoms with E-state index in [0.717, 1.165) is 19.3 Å². The summed E-state index contributed by atoms with van der Waals surface area (Å²) in [5.41, 5.74) is 5.62. The lowest BCUT2D eigenvalue weighted by Gasteiger charge is -2.22. The smallest absolute Gasteiger partial charge is 0.240 e. The predicted molar refractivity (Wildman–Crippen MR) is 72.1 cm³/mol. The zero-order valence-electron chi connectivity index (χ0n) is 10.5. The van der Waals surface area contributed by atoms with Crippen LogP contribution in [0, 0.1) is 11.8 Å². The molecule has 2 bridgehead atoms. The topological polar surface area (TPSA) is 92.4 Å². The summed E-state index contributed by atoms with van der Waals surface area (Å²) in [6.45, 7) is 0. The van der Waals surface area contributed by atoms with E-state index in [9.17, 15) is 13.5 Å². The van der Waals surface area contributed by atoms with E-state index in [1.54, 1.807) is 0 Å². The number of nitrogen functional groups attached to an aromatic ring is 1. The third-order valence-electron chi connectivity index (χ3n) is 4.35. The summed E-state index contributed by atoms with van der Waals surface area (Å²) in [5, 5.41) is 9.34. The number of nitrogens with two attached hydrogens (primary N) is 1. The van der Waals surface area contributed by atoms with Gasteiger partial charge in [0.2, 0.25) is 10.0 Å². The Hall–Kier alpha value is -1.27. The summed E-state index contributed by atoms with van der Waals surface area (Å²) in [5.74, 6) is 1.07. The van der Waals surface area contributed by atoms with Crippen molar-refractivity contribution in [3.63, 3.8) is 0 Å². The first-order valence-corrected chi connectivity index (χ1v) is 8.05. The summed E-state index contributed by atoms with van der Waals surface area (Å²) in [6, 6.07) is 4.04. The average Bonchev–Trinajstić information content (AvgIpc) is 2.94. The number of anilines is 1. The highest BCUT2D eigenvalue weighted by Gasteiger charge is 2.41. The van der Waals surface area contributed by atoms with Crippen molar-refractivity contribution in [1.29, 1.82) is 0 Å². The fourth-order valence-electron chi connectivity index (χ4n) is 3.36. The maximum atomic E-state index is 12.3. The van der Waals surface area contributed by atoms with Gasteiger partial charge in [0.25, 0.3) is 0 Å². The van der Waals surface area contributed by atoms with Gasteiger partial charge in [0.1, 0.15) is 5.75 Å². The van der Waals surface area contributed by atoms with E-state index in [2.05, 4.69) is 4.72 Å². The van der Waals surface area contributed by atoms with Crippen molar-refractivity contribution in [3.05, 3.63) is 18.2 Å². The number of sulfonamides is 1. The van der Waals surface area contributed by atoms with Crippen molar-refractivity contribution in [2.75, 3.05) is 5.73 Å². The van der Waals surface area contributed by atoms with E-state index in [1.807, 2.05) is 0 Å². The molecule has 2 aliphatic carbocycles. The van der Waals surface area contributed by atoms with Crippen molar-refractivity contribution < 1.29 is 13.5 Å². The van der Waals surface area contributed by atoms with Gasteiger partial charge in [-0.1, -0.05) is 6.42 Å². The van der Waals surface area contributed by atoms with Crippen LogP contribution < -0.4 is 10.5 Å². The van der Waals surface area contributed by atoms with Crippen LogP contribution in [0.2, 0.25) is 0 Å². The quantitative estimate of drug-likeness (QED) is 0.578. The van der Waals surface area contributed by atoms with E-state index in [-0.39, 0.29) is 22.4 Å². The molecule has 3 rings (SSSR count). The summed E-state index contributed by atoms with van der Waals surface area (Å²) in [6.07, 6.45) is 4.44. The molecule has 3 atom stereocenters. The molecule has 0 saturated heterocycles. The van der Waals surface area contributed by atoms with E-state index >= 15 is 0 Å². The summed E-state index contributed by atoms with van der Waals surface area (Å²) >= 11 is 0. The lowest BCUT2D eigenvalue weighted by atomic mass is 9.96. The molecule has 0 amide bonds. The van der Waals surface area contributed by atoms with Gasteiger partial charge < -0.3 is 10.8 Å². The molecule has 1 aromatic rings. The van der Waals surface area contributed by atoms with Gasteiger partial charge in [0, 0.05) is 6.04 Å². The molecule has 6 heteroatoms. The third kappa shape index (κ3) is 2.30. The Bertz CT molecular complexity index is 600. The molecule has 0 radical (unpaired) electrons. The van der Waals surface area contributed by atoms with Crippen LogP contribution in [-0.2, 0) is 10.0 Å². The maximum Gasteiger partial charge on any atom is 0.240 e. The minimum Gasteiger partial charge on any atom is -0.506 e. The van der Waals surface area contributed by atoms with Crippen molar-refractivity contribution in [1.82, 2.24) is 4.72 Å². The number of hydrogen-bond donors (Lipinski definition) is 3. The van der Waals surface area contributed by atoms with Crippen molar-refractivity contribution in [2.24, 2.45) is 11.8 Å². The minimum atomic E-state index is -3.55. The fraction of sp³-hybridized carbons (Fsp3) is 0.538. The summed E-state index contributed by atoms with van der Waals surface area (Å²) < 4.78 is 27.3. The molecular weight excluding hydrogens is 264 g/mol. The van der Waals surface area contributed by atoms with Crippen LogP contribution in [0.1, 0.15) is 25.7 Å². The molecule has 0 heterocycles. The summed E-state index contributed by atoms with van der Waals surface area (Å²) in [7, 11) is -3.55. The van der Waals surface area contributed by atoms with Crippen LogP contribution in [0.25, 0.3) is 0 Å². The Morgan fingerprint density at radius 1 is 1.26 bits per heavy atom. The van der Waals surface area contributed by atoms with E-state index in [4.69, 9.17) is 5.73 Å². The van der Waals surface area contributed by atoms with E-state index in [0.29, 0.717) is 11.8 Å². The highest BCUT2D eigenvalue weighted by atomic mass is 32.2. The average molecular weight is 282 g/mol. The second-order valence-electron chi connectivity index (χ2n) is 5.62. The molecule has 104 valence electrons. The number of hydrogen-bond acceptors (Lipinski definition) is 4. The van der Waals surface area contributed by atoms with Crippen LogP contribution in [0.15, 0.2) is 23.1 Å². The van der Waals surface area contributed by atoms with Gasteiger partial charge in [0.15, 0.2) is 0 Å². The normalized spacial score (nSPS) is 29.8. The Labute approximate surface area is 112 Å². The monoisotopic (exact) mass is 282 g/mol. The number of fused-ring (bicyclic) bond motifs is 2. The Balaban J connectivity index is 1.80. The third-order valence-corrected chi connectivity index (χ3v) is 5.84. The van der Waals surface area contributed by atoms with Crippen LogP contribution >= 0.6 is 0 Å². The number of phenolic OH excluding ortho intramolecular Hbond substituents is 1. The molecule has 1 aromatic carbocycles. The molecule has 2 aliphatic rings. The highest BCUT2D eigenvalue weighted by Crippen LogP contribution is 2.44. The Kier molecular flexibility index (Phi) is 2.94. The van der Waals surface area contributed by atoms with Crippen molar-refractivity contribution >= 4 is 15.7 Å². The number of aromatic hydroxyl groups is 1. The standard InChI is InChI=1S/C13H18N2O3S/c14-11-7-10(3-4-13(11)16)19(17,18)15-12-6-8-1-2-9(12)5-8/h3-4,7-9,12,15-16H,1-2,5-6,14H2. The maximum absolute atomic E-state index is 12.3. The second kappa shape index (κ2) is 4.38. The first-order valence-electron chi connectivity index (χ1n) is 6.56. The number of phenols is 1. The van der Waals surface area contributed by atoms with Crippen LogP contribution in [0.3, 0.4) is 0 Å². The number of benzene rings is 1. The van der Waals surface area contributed by atoms with Gasteiger partial charge in [0.05, 0.1) is 10.6 Å². The first-order chi connectivity index (χ1) is 8.95. The fourth-order valence-corrected chi connectivity index (χ4v) is 4.71. The molecule has 0 aliphatic heterocycles. The second-order valence-corrected chi connectivity index (χ2v) is 7.34. The van der Waals surface area contributed by atoms with Gasteiger partial charge in [-0.2, -0.15) is 0 Å².